The maximum absolute atomic E-state index is 12.0. The molecule has 24 heavy (non-hydrogen) atoms. The highest BCUT2D eigenvalue weighted by Crippen LogP contribution is 2.27. The zero-order chi connectivity index (χ0) is 18.0. The number of hydrogen-bond donors (Lipinski definition) is 0. The molecule has 1 rings (SSSR count). The van der Waals surface area contributed by atoms with Gasteiger partial charge in [-0.2, -0.15) is 4.98 Å². The van der Waals surface area contributed by atoms with Gasteiger partial charge < -0.3 is 9.47 Å². The molecule has 136 valence electrons. The summed E-state index contributed by atoms with van der Waals surface area (Å²) in [6.07, 6.45) is 7.58. The zero-order valence-electron chi connectivity index (χ0n) is 15.5. The molecule has 0 saturated heterocycles. The number of aromatic nitrogens is 2. The van der Waals surface area contributed by atoms with E-state index in [9.17, 15) is 4.79 Å². The fraction of sp³-hybridized carbons (Fsp3) is 0.722. The number of carbonyl (C=O) groups excluding carboxylic acids is 1. The third kappa shape index (κ3) is 7.07. The molecular weight excluding hydrogens is 324 g/mol. The average molecular weight is 355 g/mol. The minimum atomic E-state index is -0.416. The summed E-state index contributed by atoms with van der Waals surface area (Å²) in [5.41, 5.74) is -0.416. The maximum Gasteiger partial charge on any atom is 0.311 e. The Morgan fingerprint density at radius 1 is 1.21 bits per heavy atom. The van der Waals surface area contributed by atoms with E-state index in [0.717, 1.165) is 30.8 Å². The first-order valence-corrected chi connectivity index (χ1v) is 9.77. The lowest BCUT2D eigenvalue weighted by Crippen LogP contribution is -2.32. The van der Waals surface area contributed by atoms with Crippen LogP contribution in [0.4, 0.5) is 0 Å². The van der Waals surface area contributed by atoms with Crippen LogP contribution in [0.3, 0.4) is 0 Å². The van der Waals surface area contributed by atoms with Crippen LogP contribution >= 0.6 is 11.8 Å². The number of esters is 1. The van der Waals surface area contributed by atoms with E-state index in [-0.39, 0.29) is 11.9 Å². The van der Waals surface area contributed by atoms with Crippen molar-refractivity contribution in [1.29, 1.82) is 0 Å². The van der Waals surface area contributed by atoms with Crippen LogP contribution in [0.1, 0.15) is 53.4 Å². The number of thioether (sulfide) groups is 1. The maximum atomic E-state index is 12.0. The Hall–Kier alpha value is -1.30. The normalized spacial score (nSPS) is 11.6. The second kappa shape index (κ2) is 10.5. The summed E-state index contributed by atoms with van der Waals surface area (Å²) in [5.74, 6) is 0.795. The minimum Gasteiger partial charge on any atom is -0.478 e. The molecular formula is C18H30N2O3S. The van der Waals surface area contributed by atoms with E-state index < -0.39 is 5.41 Å². The topological polar surface area (TPSA) is 61.3 Å². The standard InChI is InChI=1S/C18H30N2O3S/c1-14(2)18(3,4)16(21)23-13-9-7-6-8-12-22-15-10-11-19-17(20-15)24-5/h10-11,14H,6-9,12-13H2,1-5H3. The van der Waals surface area contributed by atoms with E-state index in [1.807, 2.05) is 34.0 Å². The van der Waals surface area contributed by atoms with Gasteiger partial charge in [-0.15, -0.1) is 0 Å². The molecule has 5 nitrogen and oxygen atoms in total. The Bertz CT molecular complexity index is 507. The number of unbranched alkanes of at least 4 members (excludes halogenated alkanes) is 3. The van der Waals surface area contributed by atoms with Crippen LogP contribution in [0.5, 0.6) is 5.88 Å². The first kappa shape index (κ1) is 20.7. The first-order chi connectivity index (χ1) is 11.4. The molecule has 0 amide bonds. The van der Waals surface area contributed by atoms with Gasteiger partial charge in [0.2, 0.25) is 5.88 Å². The van der Waals surface area contributed by atoms with Gasteiger partial charge in [0.25, 0.3) is 0 Å². The number of ether oxygens (including phenoxy) is 2. The third-order valence-corrected chi connectivity index (χ3v) is 4.84. The highest BCUT2D eigenvalue weighted by atomic mass is 32.2. The highest BCUT2D eigenvalue weighted by Gasteiger charge is 2.32. The van der Waals surface area contributed by atoms with E-state index in [0.29, 0.717) is 19.1 Å². The molecule has 0 spiro atoms. The van der Waals surface area contributed by atoms with Gasteiger partial charge in [0.05, 0.1) is 18.6 Å². The smallest absolute Gasteiger partial charge is 0.311 e. The molecule has 0 aliphatic heterocycles. The van der Waals surface area contributed by atoms with E-state index in [4.69, 9.17) is 9.47 Å². The van der Waals surface area contributed by atoms with Crippen molar-refractivity contribution in [2.75, 3.05) is 19.5 Å². The summed E-state index contributed by atoms with van der Waals surface area (Å²) in [4.78, 5) is 20.4. The van der Waals surface area contributed by atoms with Crippen LogP contribution in [-0.2, 0) is 9.53 Å². The number of hydrogen-bond acceptors (Lipinski definition) is 6. The highest BCUT2D eigenvalue weighted by molar-refractivity contribution is 7.98. The molecule has 6 heteroatoms. The van der Waals surface area contributed by atoms with Gasteiger partial charge in [0, 0.05) is 12.3 Å². The molecule has 0 aromatic carbocycles. The van der Waals surface area contributed by atoms with Crippen molar-refractivity contribution in [3.05, 3.63) is 12.3 Å². The quantitative estimate of drug-likeness (QED) is 0.255. The second-order valence-electron chi connectivity index (χ2n) is 6.66. The van der Waals surface area contributed by atoms with Gasteiger partial charge >= 0.3 is 5.97 Å². The number of nitrogens with zero attached hydrogens (tertiary/aromatic N) is 2. The predicted molar refractivity (Wildman–Crippen MR) is 97.4 cm³/mol. The molecule has 0 bridgehead atoms. The number of rotatable bonds is 11. The molecule has 1 aromatic rings. The fourth-order valence-electron chi connectivity index (χ4n) is 1.82. The van der Waals surface area contributed by atoms with Crippen LogP contribution in [-0.4, -0.2) is 35.4 Å². The lowest BCUT2D eigenvalue weighted by Gasteiger charge is -2.26. The van der Waals surface area contributed by atoms with Crippen LogP contribution in [0.15, 0.2) is 17.4 Å². The molecule has 0 unspecified atom stereocenters. The van der Waals surface area contributed by atoms with Crippen LogP contribution in [0.2, 0.25) is 0 Å². The third-order valence-electron chi connectivity index (χ3n) is 4.28. The SMILES string of the molecule is CSc1nccc(OCCCCCCOC(=O)C(C)(C)C(C)C)n1. The van der Waals surface area contributed by atoms with E-state index in [1.54, 1.807) is 12.3 Å². The molecule has 1 aromatic heterocycles. The molecule has 0 aliphatic carbocycles. The van der Waals surface area contributed by atoms with Crippen molar-refractivity contribution < 1.29 is 14.3 Å². The Balaban J connectivity index is 2.07. The zero-order valence-corrected chi connectivity index (χ0v) is 16.3. The van der Waals surface area contributed by atoms with E-state index in [1.165, 1.54) is 11.8 Å². The van der Waals surface area contributed by atoms with Crippen molar-refractivity contribution in [1.82, 2.24) is 9.97 Å². The molecule has 1 heterocycles. The summed E-state index contributed by atoms with van der Waals surface area (Å²) in [7, 11) is 0. The number of carbonyl (C=O) groups is 1. The van der Waals surface area contributed by atoms with Gasteiger partial charge in [0.1, 0.15) is 0 Å². The van der Waals surface area contributed by atoms with E-state index >= 15 is 0 Å². The van der Waals surface area contributed by atoms with Crippen LogP contribution in [0, 0.1) is 11.3 Å². The lowest BCUT2D eigenvalue weighted by molar-refractivity contribution is -0.156. The Labute approximate surface area is 149 Å². The summed E-state index contributed by atoms with van der Waals surface area (Å²) in [5, 5.41) is 0.721. The van der Waals surface area contributed by atoms with Crippen LogP contribution in [0.25, 0.3) is 0 Å². The Kier molecular flexibility index (Phi) is 9.11. The molecule has 0 atom stereocenters. The predicted octanol–water partition coefficient (Wildman–Crippen LogP) is 4.36. The fourth-order valence-corrected chi connectivity index (χ4v) is 2.17. The van der Waals surface area contributed by atoms with Gasteiger partial charge in [-0.3, -0.25) is 4.79 Å². The monoisotopic (exact) mass is 354 g/mol. The molecule has 0 radical (unpaired) electrons. The van der Waals surface area contributed by atoms with E-state index in [2.05, 4.69) is 9.97 Å². The Morgan fingerprint density at radius 3 is 2.50 bits per heavy atom. The summed E-state index contributed by atoms with van der Waals surface area (Å²) in [6, 6.07) is 1.77. The first-order valence-electron chi connectivity index (χ1n) is 8.55. The second-order valence-corrected chi connectivity index (χ2v) is 7.43. The largest absolute Gasteiger partial charge is 0.478 e. The summed E-state index contributed by atoms with van der Waals surface area (Å²) in [6.45, 7) is 9.10. The molecule has 0 N–H and O–H groups in total. The van der Waals surface area contributed by atoms with Gasteiger partial charge in [-0.1, -0.05) is 25.6 Å². The molecule has 0 saturated carbocycles. The van der Waals surface area contributed by atoms with Crippen molar-refractivity contribution in [3.63, 3.8) is 0 Å². The van der Waals surface area contributed by atoms with Crippen molar-refractivity contribution >= 4 is 17.7 Å². The van der Waals surface area contributed by atoms with Gasteiger partial charge in [-0.05, 0) is 51.7 Å². The molecule has 0 aliphatic rings. The minimum absolute atomic E-state index is 0.103. The van der Waals surface area contributed by atoms with Gasteiger partial charge in [-0.25, -0.2) is 4.98 Å². The van der Waals surface area contributed by atoms with Crippen LogP contribution < -0.4 is 4.74 Å². The van der Waals surface area contributed by atoms with Crippen molar-refractivity contribution in [2.45, 2.75) is 58.5 Å². The molecule has 0 fully saturated rings. The Morgan fingerprint density at radius 2 is 1.88 bits per heavy atom. The van der Waals surface area contributed by atoms with Crippen molar-refractivity contribution in [2.24, 2.45) is 11.3 Å². The summed E-state index contributed by atoms with van der Waals surface area (Å²) < 4.78 is 11.0. The van der Waals surface area contributed by atoms with Crippen molar-refractivity contribution in [3.8, 4) is 5.88 Å². The lowest BCUT2D eigenvalue weighted by atomic mass is 9.81. The average Bonchev–Trinajstić information content (AvgIpc) is 2.56. The van der Waals surface area contributed by atoms with Gasteiger partial charge in [0.15, 0.2) is 5.16 Å². The summed E-state index contributed by atoms with van der Waals surface area (Å²) >= 11 is 1.50.